The highest BCUT2D eigenvalue weighted by molar-refractivity contribution is 7.89. The molecule has 7 heteroatoms. The van der Waals surface area contributed by atoms with Crippen LogP contribution in [0.4, 0.5) is 0 Å². The van der Waals surface area contributed by atoms with Crippen LogP contribution in [0.2, 0.25) is 0 Å². The number of methoxy groups -OCH3 is 1. The average Bonchev–Trinajstić information content (AvgIpc) is 3.12. The van der Waals surface area contributed by atoms with Crippen molar-refractivity contribution in [1.29, 1.82) is 0 Å². The summed E-state index contributed by atoms with van der Waals surface area (Å²) in [5.74, 6) is 0. The molecule has 0 spiro atoms. The molecule has 6 nitrogen and oxygen atoms in total. The van der Waals surface area contributed by atoms with Gasteiger partial charge in [-0.25, -0.2) is 13.1 Å². The van der Waals surface area contributed by atoms with Crippen LogP contribution in [0.1, 0.15) is 37.8 Å². The van der Waals surface area contributed by atoms with Crippen LogP contribution in [0, 0.1) is 0 Å². The van der Waals surface area contributed by atoms with Crippen LogP contribution in [0.5, 0.6) is 0 Å². The summed E-state index contributed by atoms with van der Waals surface area (Å²) in [6.45, 7) is 1.02. The largest absolute Gasteiger partial charge is 0.377 e. The molecular weight excluding hydrogens is 290 g/mol. The first kappa shape index (κ1) is 15.0. The highest BCUT2D eigenvalue weighted by Gasteiger charge is 2.38. The fourth-order valence-electron chi connectivity index (χ4n) is 2.55. The lowest BCUT2D eigenvalue weighted by molar-refractivity contribution is -0.0659. The molecule has 0 aliphatic heterocycles. The van der Waals surface area contributed by atoms with Gasteiger partial charge in [-0.2, -0.15) is 0 Å². The van der Waals surface area contributed by atoms with Gasteiger partial charge in [0.15, 0.2) is 0 Å². The topological polar surface area (TPSA) is 83.2 Å². The third-order valence-electron chi connectivity index (χ3n) is 4.47. The molecule has 3 rings (SSSR count). The van der Waals surface area contributed by atoms with Crippen molar-refractivity contribution < 1.29 is 13.2 Å². The van der Waals surface area contributed by atoms with Crippen molar-refractivity contribution in [1.82, 2.24) is 15.0 Å². The lowest BCUT2D eigenvalue weighted by Gasteiger charge is -2.40. The van der Waals surface area contributed by atoms with Crippen LogP contribution in [-0.2, 0) is 21.3 Å². The minimum atomic E-state index is -3.47. The van der Waals surface area contributed by atoms with E-state index in [4.69, 9.17) is 4.74 Å². The molecule has 2 fully saturated rings. The molecule has 2 aliphatic carbocycles. The molecule has 0 bridgehead atoms. The smallest absolute Gasteiger partial charge is 0.242 e. The third kappa shape index (κ3) is 3.48. The van der Waals surface area contributed by atoms with Gasteiger partial charge >= 0.3 is 0 Å². The molecule has 3 N–H and O–H groups in total. The molecule has 1 aromatic heterocycles. The zero-order valence-corrected chi connectivity index (χ0v) is 13.1. The zero-order valence-electron chi connectivity index (χ0n) is 12.3. The van der Waals surface area contributed by atoms with Crippen LogP contribution < -0.4 is 10.0 Å². The number of nitrogens with one attached hydrogen (secondary N) is 3. The molecule has 0 saturated heterocycles. The monoisotopic (exact) mass is 313 g/mol. The fraction of sp³-hybridized carbons (Fsp3) is 0.714. The van der Waals surface area contributed by atoms with Crippen molar-refractivity contribution in [3.63, 3.8) is 0 Å². The van der Waals surface area contributed by atoms with Gasteiger partial charge in [0.1, 0.15) is 0 Å². The lowest BCUT2D eigenvalue weighted by Crippen LogP contribution is -2.49. The molecule has 0 aromatic carbocycles. The molecule has 2 saturated carbocycles. The van der Waals surface area contributed by atoms with E-state index in [2.05, 4.69) is 15.0 Å². The number of H-pyrrole nitrogens is 1. The molecule has 1 heterocycles. The molecule has 0 radical (unpaired) electrons. The van der Waals surface area contributed by atoms with Gasteiger partial charge in [-0.3, -0.25) is 0 Å². The summed E-state index contributed by atoms with van der Waals surface area (Å²) in [5.41, 5.74) is 0.590. The van der Waals surface area contributed by atoms with E-state index in [1.807, 2.05) is 0 Å². The Morgan fingerprint density at radius 1 is 1.43 bits per heavy atom. The van der Waals surface area contributed by atoms with Crippen molar-refractivity contribution in [2.24, 2.45) is 0 Å². The standard InChI is InChI=1S/C14H23N3O3S/c1-20-14(5-2-6-14)10-17-21(18,19)13-7-12(16-9-13)8-15-11-3-4-11/h7,9,11,15-17H,2-6,8,10H2,1H3. The maximum atomic E-state index is 12.3. The molecular formula is C14H23N3O3S. The maximum Gasteiger partial charge on any atom is 0.242 e. The summed E-state index contributed by atoms with van der Waals surface area (Å²) in [5, 5.41) is 3.35. The summed E-state index contributed by atoms with van der Waals surface area (Å²) >= 11 is 0. The van der Waals surface area contributed by atoms with Gasteiger partial charge in [-0.15, -0.1) is 0 Å². The summed E-state index contributed by atoms with van der Waals surface area (Å²) in [6.07, 6.45) is 6.90. The van der Waals surface area contributed by atoms with E-state index in [0.29, 0.717) is 24.0 Å². The number of ether oxygens (including phenoxy) is 1. The zero-order chi connectivity index (χ0) is 14.9. The Bertz CT molecular complexity index is 583. The van der Waals surface area contributed by atoms with Gasteiger partial charge in [-0.05, 0) is 38.2 Å². The first-order chi connectivity index (χ1) is 10.0. The number of rotatable bonds is 8. The highest BCUT2D eigenvalue weighted by atomic mass is 32.2. The molecule has 2 aliphatic rings. The van der Waals surface area contributed by atoms with Gasteiger partial charge in [0.05, 0.1) is 10.5 Å². The minimum absolute atomic E-state index is 0.292. The molecule has 0 amide bonds. The SMILES string of the molecule is COC1(CNS(=O)(=O)c2c[nH]c(CNC3CC3)c2)CCC1. The Labute approximate surface area is 125 Å². The predicted octanol–water partition coefficient (Wildman–Crippen LogP) is 1.11. The molecule has 1 aromatic rings. The second kappa shape index (κ2) is 5.72. The number of sulfonamides is 1. The van der Waals surface area contributed by atoms with Crippen molar-refractivity contribution in [2.75, 3.05) is 13.7 Å². The maximum absolute atomic E-state index is 12.3. The van der Waals surface area contributed by atoms with Gasteiger partial charge in [0.2, 0.25) is 10.0 Å². The van der Waals surface area contributed by atoms with E-state index >= 15 is 0 Å². The number of aromatic nitrogens is 1. The van der Waals surface area contributed by atoms with E-state index < -0.39 is 10.0 Å². The van der Waals surface area contributed by atoms with E-state index in [1.165, 1.54) is 12.8 Å². The van der Waals surface area contributed by atoms with Gasteiger partial charge in [-0.1, -0.05) is 0 Å². The Morgan fingerprint density at radius 3 is 2.76 bits per heavy atom. The molecule has 21 heavy (non-hydrogen) atoms. The highest BCUT2D eigenvalue weighted by Crippen LogP contribution is 2.34. The van der Waals surface area contributed by atoms with Crippen LogP contribution in [0.15, 0.2) is 17.2 Å². The Morgan fingerprint density at radius 2 is 2.19 bits per heavy atom. The Balaban J connectivity index is 1.58. The number of aromatic amines is 1. The summed E-state index contributed by atoms with van der Waals surface area (Å²) < 4.78 is 32.7. The number of hydrogen-bond acceptors (Lipinski definition) is 4. The van der Waals surface area contributed by atoms with Crippen molar-refractivity contribution in [3.05, 3.63) is 18.0 Å². The van der Waals surface area contributed by atoms with E-state index in [-0.39, 0.29) is 5.60 Å². The first-order valence-electron chi connectivity index (χ1n) is 7.49. The quantitative estimate of drug-likeness (QED) is 0.671. The Kier molecular flexibility index (Phi) is 4.09. The summed E-state index contributed by atoms with van der Waals surface area (Å²) in [7, 11) is -1.83. The normalized spacial score (nSPS) is 21.2. The number of hydrogen-bond donors (Lipinski definition) is 3. The van der Waals surface area contributed by atoms with Crippen molar-refractivity contribution >= 4 is 10.0 Å². The van der Waals surface area contributed by atoms with E-state index in [0.717, 1.165) is 25.0 Å². The summed E-state index contributed by atoms with van der Waals surface area (Å²) in [6, 6.07) is 2.30. The van der Waals surface area contributed by atoms with Gasteiger partial charge < -0.3 is 15.0 Å². The van der Waals surface area contributed by atoms with Gasteiger partial charge in [0, 0.05) is 38.1 Å². The van der Waals surface area contributed by atoms with Crippen molar-refractivity contribution in [2.45, 2.75) is 55.2 Å². The molecule has 118 valence electrons. The fourth-order valence-corrected chi connectivity index (χ4v) is 3.68. The third-order valence-corrected chi connectivity index (χ3v) is 5.85. The second-order valence-electron chi connectivity index (χ2n) is 6.08. The van der Waals surface area contributed by atoms with Crippen LogP contribution >= 0.6 is 0 Å². The van der Waals surface area contributed by atoms with Crippen molar-refractivity contribution in [3.8, 4) is 0 Å². The molecule has 0 atom stereocenters. The van der Waals surface area contributed by atoms with E-state index in [9.17, 15) is 8.42 Å². The van der Waals surface area contributed by atoms with Crippen LogP contribution in [-0.4, -0.2) is 38.7 Å². The summed E-state index contributed by atoms with van der Waals surface area (Å²) in [4.78, 5) is 3.31. The molecule has 0 unspecified atom stereocenters. The average molecular weight is 313 g/mol. The van der Waals surface area contributed by atoms with Crippen LogP contribution in [0.25, 0.3) is 0 Å². The lowest BCUT2D eigenvalue weighted by atomic mass is 9.80. The predicted molar refractivity (Wildman–Crippen MR) is 79.4 cm³/mol. The first-order valence-corrected chi connectivity index (χ1v) is 8.97. The van der Waals surface area contributed by atoms with E-state index in [1.54, 1.807) is 19.4 Å². The second-order valence-corrected chi connectivity index (χ2v) is 7.85. The Hall–Kier alpha value is -0.890. The minimum Gasteiger partial charge on any atom is -0.377 e. The van der Waals surface area contributed by atoms with Gasteiger partial charge in [0.25, 0.3) is 0 Å². The van der Waals surface area contributed by atoms with Crippen LogP contribution in [0.3, 0.4) is 0 Å².